The summed E-state index contributed by atoms with van der Waals surface area (Å²) in [6.07, 6.45) is 0. The van der Waals surface area contributed by atoms with Gasteiger partial charge in [0, 0.05) is 4.47 Å². The lowest BCUT2D eigenvalue weighted by atomic mass is 10.2. The van der Waals surface area contributed by atoms with Gasteiger partial charge < -0.3 is 14.8 Å². The molecule has 2 rings (SSSR count). The standard InChI is InChI=1S/C12H15BrFNO2/c1-12(2)16-6-8(7-17-12)15-11-9(13)4-3-5-10(11)14/h3-5,8,15H,6-7H2,1-2H3. The highest BCUT2D eigenvalue weighted by Gasteiger charge is 2.28. The van der Waals surface area contributed by atoms with Crippen LogP contribution in [-0.2, 0) is 9.47 Å². The fourth-order valence-electron chi connectivity index (χ4n) is 1.62. The van der Waals surface area contributed by atoms with Gasteiger partial charge in [-0.2, -0.15) is 0 Å². The molecule has 1 fully saturated rings. The highest BCUT2D eigenvalue weighted by molar-refractivity contribution is 9.10. The van der Waals surface area contributed by atoms with Crippen molar-refractivity contribution in [2.75, 3.05) is 18.5 Å². The van der Waals surface area contributed by atoms with Crippen molar-refractivity contribution in [1.82, 2.24) is 0 Å². The van der Waals surface area contributed by atoms with Crippen molar-refractivity contribution in [3.63, 3.8) is 0 Å². The van der Waals surface area contributed by atoms with Crippen LogP contribution in [0.1, 0.15) is 13.8 Å². The largest absolute Gasteiger partial charge is 0.374 e. The van der Waals surface area contributed by atoms with Crippen molar-refractivity contribution in [2.24, 2.45) is 0 Å². The minimum absolute atomic E-state index is 0.0452. The molecular formula is C12H15BrFNO2. The van der Waals surface area contributed by atoms with Crippen LogP contribution >= 0.6 is 15.9 Å². The van der Waals surface area contributed by atoms with Crippen LogP contribution in [-0.4, -0.2) is 25.0 Å². The van der Waals surface area contributed by atoms with Crippen LogP contribution in [0.15, 0.2) is 22.7 Å². The molecule has 1 aromatic carbocycles. The van der Waals surface area contributed by atoms with Gasteiger partial charge >= 0.3 is 0 Å². The van der Waals surface area contributed by atoms with Gasteiger partial charge in [-0.1, -0.05) is 6.07 Å². The molecule has 0 spiro atoms. The predicted molar refractivity (Wildman–Crippen MR) is 67.5 cm³/mol. The maximum atomic E-state index is 13.6. The number of benzene rings is 1. The van der Waals surface area contributed by atoms with E-state index in [0.717, 1.165) is 0 Å². The summed E-state index contributed by atoms with van der Waals surface area (Å²) in [4.78, 5) is 0. The summed E-state index contributed by atoms with van der Waals surface area (Å²) in [7, 11) is 0. The Morgan fingerprint density at radius 1 is 1.35 bits per heavy atom. The Kier molecular flexibility index (Phi) is 3.70. The first kappa shape index (κ1) is 12.8. The van der Waals surface area contributed by atoms with Crippen molar-refractivity contribution >= 4 is 21.6 Å². The minimum Gasteiger partial charge on any atom is -0.374 e. The quantitative estimate of drug-likeness (QED) is 0.910. The van der Waals surface area contributed by atoms with Gasteiger partial charge in [-0.3, -0.25) is 0 Å². The van der Waals surface area contributed by atoms with Crippen LogP contribution in [0, 0.1) is 5.82 Å². The van der Waals surface area contributed by atoms with Gasteiger partial charge in [0.25, 0.3) is 0 Å². The normalized spacial score (nSPS) is 20.2. The van der Waals surface area contributed by atoms with E-state index in [4.69, 9.17) is 9.47 Å². The number of ether oxygens (including phenoxy) is 2. The number of nitrogens with one attached hydrogen (secondary N) is 1. The van der Waals surface area contributed by atoms with Gasteiger partial charge in [-0.15, -0.1) is 0 Å². The molecule has 5 heteroatoms. The molecule has 0 radical (unpaired) electrons. The summed E-state index contributed by atoms with van der Waals surface area (Å²) >= 11 is 3.31. The number of rotatable bonds is 2. The van der Waals surface area contributed by atoms with Crippen molar-refractivity contribution < 1.29 is 13.9 Å². The average Bonchev–Trinajstić information content (AvgIpc) is 2.26. The SMILES string of the molecule is CC1(C)OCC(Nc2c(F)cccc2Br)CO1. The fraction of sp³-hybridized carbons (Fsp3) is 0.500. The highest BCUT2D eigenvalue weighted by atomic mass is 79.9. The van der Waals surface area contributed by atoms with Crippen molar-refractivity contribution in [3.05, 3.63) is 28.5 Å². The molecule has 0 unspecified atom stereocenters. The maximum absolute atomic E-state index is 13.6. The van der Waals surface area contributed by atoms with E-state index in [1.807, 2.05) is 13.8 Å². The lowest BCUT2D eigenvalue weighted by Crippen LogP contribution is -2.45. The zero-order valence-corrected chi connectivity index (χ0v) is 11.4. The zero-order chi connectivity index (χ0) is 12.5. The summed E-state index contributed by atoms with van der Waals surface area (Å²) in [5.41, 5.74) is 0.449. The Bertz CT molecular complexity index is 381. The summed E-state index contributed by atoms with van der Waals surface area (Å²) in [6, 6.07) is 4.82. The van der Waals surface area contributed by atoms with Crippen molar-refractivity contribution in [2.45, 2.75) is 25.7 Å². The molecule has 0 saturated carbocycles. The number of hydrogen-bond acceptors (Lipinski definition) is 3. The third-order valence-electron chi connectivity index (χ3n) is 2.58. The molecule has 1 aliphatic rings. The van der Waals surface area contributed by atoms with Gasteiger partial charge in [0.15, 0.2) is 5.79 Å². The zero-order valence-electron chi connectivity index (χ0n) is 9.80. The Balaban J connectivity index is 2.03. The predicted octanol–water partition coefficient (Wildman–Crippen LogP) is 3.15. The first-order valence-corrected chi connectivity index (χ1v) is 6.26. The van der Waals surface area contributed by atoms with Gasteiger partial charge in [0.1, 0.15) is 5.82 Å². The number of anilines is 1. The molecule has 1 heterocycles. The van der Waals surface area contributed by atoms with E-state index in [-0.39, 0.29) is 11.9 Å². The molecule has 17 heavy (non-hydrogen) atoms. The molecule has 1 aliphatic heterocycles. The van der Waals surface area contributed by atoms with E-state index in [9.17, 15) is 4.39 Å². The Labute approximate surface area is 108 Å². The van der Waals surface area contributed by atoms with Crippen LogP contribution in [0.25, 0.3) is 0 Å². The topological polar surface area (TPSA) is 30.5 Å². The molecule has 0 bridgehead atoms. The second-order valence-corrected chi connectivity index (χ2v) is 5.31. The Hall–Kier alpha value is -0.650. The molecule has 1 N–H and O–H groups in total. The average molecular weight is 304 g/mol. The minimum atomic E-state index is -0.551. The van der Waals surface area contributed by atoms with Crippen molar-refractivity contribution in [1.29, 1.82) is 0 Å². The molecular weight excluding hydrogens is 289 g/mol. The first-order chi connectivity index (χ1) is 7.98. The monoisotopic (exact) mass is 303 g/mol. The van der Waals surface area contributed by atoms with Crippen molar-refractivity contribution in [3.8, 4) is 0 Å². The van der Waals surface area contributed by atoms with Crippen LogP contribution < -0.4 is 5.32 Å². The second kappa shape index (κ2) is 4.92. The number of para-hydroxylation sites is 1. The summed E-state index contributed by atoms with van der Waals surface area (Å²) in [5, 5.41) is 3.08. The van der Waals surface area contributed by atoms with Crippen LogP contribution in [0.2, 0.25) is 0 Å². The maximum Gasteiger partial charge on any atom is 0.162 e. The molecule has 0 aromatic heterocycles. The van der Waals surface area contributed by atoms with E-state index in [0.29, 0.717) is 23.4 Å². The lowest BCUT2D eigenvalue weighted by molar-refractivity contribution is -0.247. The van der Waals surface area contributed by atoms with E-state index in [1.165, 1.54) is 6.07 Å². The number of hydrogen-bond donors (Lipinski definition) is 1. The molecule has 3 nitrogen and oxygen atoms in total. The fourth-order valence-corrected chi connectivity index (χ4v) is 2.07. The van der Waals surface area contributed by atoms with Crippen LogP contribution in [0.5, 0.6) is 0 Å². The van der Waals surface area contributed by atoms with Gasteiger partial charge in [0.05, 0.1) is 24.9 Å². The Morgan fingerprint density at radius 2 is 2.00 bits per heavy atom. The molecule has 1 aromatic rings. The summed E-state index contributed by atoms with van der Waals surface area (Å²) in [5.74, 6) is -0.839. The van der Waals surface area contributed by atoms with Crippen LogP contribution in [0.4, 0.5) is 10.1 Å². The highest BCUT2D eigenvalue weighted by Crippen LogP contribution is 2.27. The van der Waals surface area contributed by atoms with Gasteiger partial charge in [-0.25, -0.2) is 4.39 Å². The molecule has 1 saturated heterocycles. The summed E-state index contributed by atoms with van der Waals surface area (Å²) < 4.78 is 25.3. The third-order valence-corrected chi connectivity index (χ3v) is 3.24. The molecule has 94 valence electrons. The molecule has 0 atom stereocenters. The number of halogens is 2. The summed E-state index contributed by atoms with van der Waals surface area (Å²) in [6.45, 7) is 4.71. The van der Waals surface area contributed by atoms with E-state index >= 15 is 0 Å². The molecule has 0 aliphatic carbocycles. The van der Waals surface area contributed by atoms with Gasteiger partial charge in [0.2, 0.25) is 0 Å². The molecule has 0 amide bonds. The van der Waals surface area contributed by atoms with E-state index in [2.05, 4.69) is 21.2 Å². The van der Waals surface area contributed by atoms with Crippen LogP contribution in [0.3, 0.4) is 0 Å². The lowest BCUT2D eigenvalue weighted by Gasteiger charge is -2.35. The second-order valence-electron chi connectivity index (χ2n) is 4.46. The van der Waals surface area contributed by atoms with Gasteiger partial charge in [-0.05, 0) is 41.9 Å². The third kappa shape index (κ3) is 3.18. The smallest absolute Gasteiger partial charge is 0.162 e. The first-order valence-electron chi connectivity index (χ1n) is 5.46. The van der Waals surface area contributed by atoms with E-state index < -0.39 is 5.79 Å². The Morgan fingerprint density at radius 3 is 2.59 bits per heavy atom. The van der Waals surface area contributed by atoms with E-state index in [1.54, 1.807) is 12.1 Å².